The van der Waals surface area contributed by atoms with Gasteiger partial charge in [0.25, 0.3) is 0 Å². The first kappa shape index (κ1) is 15.4. The number of aliphatic hydroxyl groups excluding tert-OH is 1. The summed E-state index contributed by atoms with van der Waals surface area (Å²) in [5.74, 6) is 0.109. The van der Waals surface area contributed by atoms with Crippen molar-refractivity contribution in [2.45, 2.75) is 24.5 Å². The maximum Gasteiger partial charge on any atom is 0.223 e. The largest absolute Gasteiger partial charge is 0.385 e. The van der Waals surface area contributed by atoms with Gasteiger partial charge in [0.1, 0.15) is 6.10 Å². The topological polar surface area (TPSA) is 40.5 Å². The van der Waals surface area contributed by atoms with E-state index in [1.165, 1.54) is 0 Å². The summed E-state index contributed by atoms with van der Waals surface area (Å²) in [7, 11) is 1.80. The van der Waals surface area contributed by atoms with Crippen LogP contribution in [-0.4, -0.2) is 29.0 Å². The predicted octanol–water partition coefficient (Wildman–Crippen LogP) is 3.95. The number of carbonyl (C=O) groups is 1. The number of rotatable bonds is 3. The quantitative estimate of drug-likeness (QED) is 0.786. The molecule has 3 nitrogen and oxygen atoms in total. The maximum absolute atomic E-state index is 12.3. The monoisotopic (exact) mass is 337 g/mol. The van der Waals surface area contributed by atoms with Gasteiger partial charge in [-0.15, -0.1) is 11.3 Å². The highest BCUT2D eigenvalue weighted by Crippen LogP contribution is 2.42. The van der Waals surface area contributed by atoms with E-state index in [0.717, 1.165) is 20.5 Å². The van der Waals surface area contributed by atoms with Gasteiger partial charge in [0.2, 0.25) is 5.91 Å². The first-order valence-corrected chi connectivity index (χ1v) is 8.94. The van der Waals surface area contributed by atoms with Crippen LogP contribution in [0.15, 0.2) is 60.7 Å². The molecule has 1 aromatic heterocycles. The number of benzene rings is 2. The Morgan fingerprint density at radius 2 is 1.83 bits per heavy atom. The molecule has 3 aromatic rings. The minimum Gasteiger partial charge on any atom is -0.385 e. The highest BCUT2D eigenvalue weighted by molar-refractivity contribution is 7.19. The number of aliphatic hydroxyl groups is 1. The van der Waals surface area contributed by atoms with Crippen molar-refractivity contribution >= 4 is 27.3 Å². The number of hydrogen-bond acceptors (Lipinski definition) is 3. The van der Waals surface area contributed by atoms with Crippen LogP contribution in [0.25, 0.3) is 10.1 Å². The lowest BCUT2D eigenvalue weighted by Gasteiger charge is -2.29. The number of likely N-dealkylation sites (tertiary alicyclic amines) is 1. The Morgan fingerprint density at radius 1 is 1.12 bits per heavy atom. The summed E-state index contributed by atoms with van der Waals surface area (Å²) >= 11 is 1.60. The first-order valence-electron chi connectivity index (χ1n) is 8.12. The zero-order valence-corrected chi connectivity index (χ0v) is 14.2. The van der Waals surface area contributed by atoms with Crippen LogP contribution in [-0.2, 0) is 4.79 Å². The van der Waals surface area contributed by atoms with Crippen molar-refractivity contribution in [1.82, 2.24) is 4.90 Å². The summed E-state index contributed by atoms with van der Waals surface area (Å²) < 4.78 is 1.16. The van der Waals surface area contributed by atoms with Crippen LogP contribution in [0.1, 0.15) is 28.9 Å². The molecule has 0 saturated carbocycles. The molecular formula is C20H19NO2S. The fourth-order valence-electron chi connectivity index (χ4n) is 3.65. The second-order valence-corrected chi connectivity index (χ2v) is 7.46. The van der Waals surface area contributed by atoms with Gasteiger partial charge in [0.05, 0.1) is 6.04 Å². The van der Waals surface area contributed by atoms with Gasteiger partial charge in [-0.05, 0) is 23.1 Å². The molecule has 1 N–H and O–H groups in total. The molecular weight excluding hydrogens is 318 g/mol. The highest BCUT2D eigenvalue weighted by Gasteiger charge is 2.43. The molecule has 1 amide bonds. The summed E-state index contributed by atoms with van der Waals surface area (Å²) in [5.41, 5.74) is 1.11. The van der Waals surface area contributed by atoms with Crippen molar-refractivity contribution in [2.24, 2.45) is 0 Å². The van der Waals surface area contributed by atoms with E-state index in [0.29, 0.717) is 6.42 Å². The fraction of sp³-hybridized carbons (Fsp3) is 0.250. The molecule has 4 heteroatoms. The van der Waals surface area contributed by atoms with Gasteiger partial charge in [-0.3, -0.25) is 4.79 Å². The Labute approximate surface area is 145 Å². The minimum absolute atomic E-state index is 0.0175. The molecule has 0 unspecified atom stereocenters. The zero-order chi connectivity index (χ0) is 16.7. The maximum atomic E-state index is 12.3. The van der Waals surface area contributed by atoms with E-state index in [-0.39, 0.29) is 17.9 Å². The number of hydrogen-bond donors (Lipinski definition) is 1. The smallest absolute Gasteiger partial charge is 0.223 e. The summed E-state index contributed by atoms with van der Waals surface area (Å²) in [6, 6.07) is 20.0. The first-order chi connectivity index (χ1) is 11.6. The minimum atomic E-state index is -0.677. The summed E-state index contributed by atoms with van der Waals surface area (Å²) in [5, 5.41) is 12.2. The van der Waals surface area contributed by atoms with Crippen molar-refractivity contribution < 1.29 is 9.90 Å². The zero-order valence-electron chi connectivity index (χ0n) is 13.4. The van der Waals surface area contributed by atoms with Crippen molar-refractivity contribution in [2.75, 3.05) is 7.05 Å². The second-order valence-electron chi connectivity index (χ2n) is 6.35. The fourth-order valence-corrected chi connectivity index (χ4v) is 4.74. The van der Waals surface area contributed by atoms with Crippen LogP contribution >= 0.6 is 11.3 Å². The molecule has 2 aromatic carbocycles. The van der Waals surface area contributed by atoms with Gasteiger partial charge >= 0.3 is 0 Å². The molecule has 3 atom stereocenters. The van der Waals surface area contributed by atoms with Crippen LogP contribution in [0.5, 0.6) is 0 Å². The third-order valence-corrected chi connectivity index (χ3v) is 6.12. The standard InChI is InChI=1S/C20H19NO2S/c1-21-18(22)12-15(13-7-3-2-4-8-13)19(21)20(23)17-11-14-9-5-6-10-16(14)24-17/h2-11,15,19-20,23H,12H2,1H3/t15-,19-,20-/m1/s1. The lowest BCUT2D eigenvalue weighted by Crippen LogP contribution is -2.36. The molecule has 0 spiro atoms. The van der Waals surface area contributed by atoms with Crippen LogP contribution in [0.2, 0.25) is 0 Å². The van der Waals surface area contributed by atoms with E-state index < -0.39 is 6.10 Å². The van der Waals surface area contributed by atoms with E-state index in [4.69, 9.17) is 0 Å². The molecule has 24 heavy (non-hydrogen) atoms. The molecule has 1 aliphatic heterocycles. The summed E-state index contributed by atoms with van der Waals surface area (Å²) in [6.07, 6.45) is -0.225. The van der Waals surface area contributed by atoms with E-state index in [1.807, 2.05) is 48.5 Å². The number of nitrogens with zero attached hydrogens (tertiary/aromatic N) is 1. The molecule has 0 radical (unpaired) electrons. The molecule has 2 heterocycles. The molecule has 122 valence electrons. The Bertz CT molecular complexity index is 840. The van der Waals surface area contributed by atoms with Gasteiger partial charge in [-0.25, -0.2) is 0 Å². The van der Waals surface area contributed by atoms with Crippen LogP contribution in [0.4, 0.5) is 0 Å². The number of likely N-dealkylation sites (N-methyl/N-ethyl adjacent to an activating group) is 1. The van der Waals surface area contributed by atoms with Gasteiger partial charge in [0, 0.05) is 29.0 Å². The van der Waals surface area contributed by atoms with E-state index in [2.05, 4.69) is 12.1 Å². The third-order valence-electron chi connectivity index (χ3n) is 4.93. The average molecular weight is 337 g/mol. The lowest BCUT2D eigenvalue weighted by molar-refractivity contribution is -0.128. The Hall–Kier alpha value is -2.17. The van der Waals surface area contributed by atoms with E-state index >= 15 is 0 Å². The third kappa shape index (κ3) is 2.52. The normalized spacial score (nSPS) is 22.2. The van der Waals surface area contributed by atoms with Crippen LogP contribution < -0.4 is 0 Å². The summed E-state index contributed by atoms with van der Waals surface area (Å²) in [4.78, 5) is 14.9. The van der Waals surface area contributed by atoms with E-state index in [1.54, 1.807) is 23.3 Å². The number of thiophene rings is 1. The Morgan fingerprint density at radius 3 is 2.58 bits per heavy atom. The van der Waals surface area contributed by atoms with Crippen molar-refractivity contribution in [3.8, 4) is 0 Å². The van der Waals surface area contributed by atoms with Gasteiger partial charge in [-0.1, -0.05) is 48.5 Å². The van der Waals surface area contributed by atoms with Gasteiger partial charge in [-0.2, -0.15) is 0 Å². The van der Waals surface area contributed by atoms with Gasteiger partial charge in [0.15, 0.2) is 0 Å². The van der Waals surface area contributed by atoms with Gasteiger partial charge < -0.3 is 10.0 Å². The molecule has 1 fully saturated rings. The van der Waals surface area contributed by atoms with Crippen molar-refractivity contribution in [1.29, 1.82) is 0 Å². The number of carbonyl (C=O) groups excluding carboxylic acids is 1. The highest BCUT2D eigenvalue weighted by atomic mass is 32.1. The average Bonchev–Trinajstić information content (AvgIpc) is 3.17. The SMILES string of the molecule is CN1C(=O)C[C@H](c2ccccc2)[C@@H]1[C@H](O)c1cc2ccccc2s1. The summed E-state index contributed by atoms with van der Waals surface area (Å²) in [6.45, 7) is 0. The van der Waals surface area contributed by atoms with E-state index in [9.17, 15) is 9.90 Å². The molecule has 0 bridgehead atoms. The van der Waals surface area contributed by atoms with Crippen LogP contribution in [0, 0.1) is 0 Å². The second kappa shape index (κ2) is 6.04. The molecule has 1 saturated heterocycles. The molecule has 0 aliphatic carbocycles. The van der Waals surface area contributed by atoms with Crippen molar-refractivity contribution in [3.63, 3.8) is 0 Å². The molecule has 4 rings (SSSR count). The Kier molecular flexibility index (Phi) is 3.87. The Balaban J connectivity index is 1.72. The number of fused-ring (bicyclic) bond motifs is 1. The predicted molar refractivity (Wildman–Crippen MR) is 97.1 cm³/mol. The number of amides is 1. The lowest BCUT2D eigenvalue weighted by atomic mass is 9.88. The van der Waals surface area contributed by atoms with Crippen molar-refractivity contribution in [3.05, 3.63) is 71.1 Å². The molecule has 1 aliphatic rings. The van der Waals surface area contributed by atoms with Crippen LogP contribution in [0.3, 0.4) is 0 Å².